The van der Waals surface area contributed by atoms with Crippen molar-refractivity contribution in [3.8, 4) is 0 Å². The maximum atomic E-state index is 3.58. The molecule has 2 fully saturated rings. The molecule has 1 aliphatic heterocycles. The maximum Gasteiger partial charge on any atom is -0.00176 e. The van der Waals surface area contributed by atoms with Gasteiger partial charge in [-0.05, 0) is 55.2 Å². The van der Waals surface area contributed by atoms with Crippen LogP contribution in [0.5, 0.6) is 0 Å². The molecule has 1 nitrogen and oxygen atoms in total. The van der Waals surface area contributed by atoms with Crippen molar-refractivity contribution in [3.05, 3.63) is 35.9 Å². The van der Waals surface area contributed by atoms with Gasteiger partial charge in [0.25, 0.3) is 0 Å². The first-order valence-corrected chi connectivity index (χ1v) is 7.58. The zero-order valence-electron chi connectivity index (χ0n) is 11.5. The van der Waals surface area contributed by atoms with Crippen LogP contribution in [0.4, 0.5) is 0 Å². The lowest BCUT2D eigenvalue weighted by Crippen LogP contribution is -2.48. The molecule has 1 N–H and O–H groups in total. The molecule has 0 aromatic heterocycles. The fraction of sp³-hybridized carbons (Fsp3) is 0.647. The Bertz CT molecular complexity index is 380. The highest BCUT2D eigenvalue weighted by Crippen LogP contribution is 2.54. The van der Waals surface area contributed by atoms with Crippen molar-refractivity contribution in [2.45, 2.75) is 44.9 Å². The molecule has 1 aromatic carbocycles. The van der Waals surface area contributed by atoms with Gasteiger partial charge in [-0.2, -0.15) is 0 Å². The molecule has 1 aromatic rings. The van der Waals surface area contributed by atoms with E-state index in [9.17, 15) is 0 Å². The minimum atomic E-state index is 0.574. The minimum Gasteiger partial charge on any atom is -0.316 e. The second-order valence-corrected chi connectivity index (χ2v) is 6.30. The number of piperidine rings is 1. The van der Waals surface area contributed by atoms with E-state index in [1.165, 1.54) is 45.2 Å². The summed E-state index contributed by atoms with van der Waals surface area (Å²) < 4.78 is 0. The molecule has 1 heteroatoms. The van der Waals surface area contributed by atoms with Crippen LogP contribution in [0.2, 0.25) is 0 Å². The van der Waals surface area contributed by atoms with E-state index in [0.717, 1.165) is 11.8 Å². The minimum absolute atomic E-state index is 0.574. The molecule has 3 atom stereocenters. The Morgan fingerprint density at radius 2 is 1.94 bits per heavy atom. The number of benzene rings is 1. The van der Waals surface area contributed by atoms with Crippen molar-refractivity contribution >= 4 is 0 Å². The normalized spacial score (nSPS) is 36.7. The summed E-state index contributed by atoms with van der Waals surface area (Å²) in [5, 5.41) is 3.58. The molecule has 3 unspecified atom stereocenters. The first-order valence-electron chi connectivity index (χ1n) is 7.58. The van der Waals surface area contributed by atoms with Gasteiger partial charge in [0, 0.05) is 0 Å². The van der Waals surface area contributed by atoms with E-state index in [1.54, 1.807) is 5.56 Å². The van der Waals surface area contributed by atoms with Gasteiger partial charge in [0.15, 0.2) is 0 Å². The molecule has 3 rings (SSSR count). The van der Waals surface area contributed by atoms with Crippen molar-refractivity contribution in [2.24, 2.45) is 11.3 Å². The van der Waals surface area contributed by atoms with Gasteiger partial charge in [-0.25, -0.2) is 0 Å². The average molecular weight is 243 g/mol. The third-order valence-corrected chi connectivity index (χ3v) is 5.48. The van der Waals surface area contributed by atoms with Crippen molar-refractivity contribution in [3.63, 3.8) is 0 Å². The summed E-state index contributed by atoms with van der Waals surface area (Å²) in [5.41, 5.74) is 2.16. The Hall–Kier alpha value is -0.820. The Balaban J connectivity index is 1.94. The molecule has 0 bridgehead atoms. The Morgan fingerprint density at radius 1 is 1.11 bits per heavy atom. The summed E-state index contributed by atoms with van der Waals surface area (Å²) in [5.74, 6) is 1.61. The molecular formula is C17H25N. The van der Waals surface area contributed by atoms with E-state index in [4.69, 9.17) is 0 Å². The molecule has 1 saturated heterocycles. The van der Waals surface area contributed by atoms with Crippen molar-refractivity contribution in [2.75, 3.05) is 13.1 Å². The van der Waals surface area contributed by atoms with E-state index in [1.807, 2.05) is 0 Å². The summed E-state index contributed by atoms with van der Waals surface area (Å²) in [6, 6.07) is 11.3. The summed E-state index contributed by atoms with van der Waals surface area (Å²) in [7, 11) is 0. The molecule has 0 amide bonds. The van der Waals surface area contributed by atoms with Crippen LogP contribution in [0.1, 0.15) is 50.5 Å². The highest BCUT2D eigenvalue weighted by Gasteiger charge is 2.46. The fourth-order valence-electron chi connectivity index (χ4n) is 4.43. The molecule has 18 heavy (non-hydrogen) atoms. The van der Waals surface area contributed by atoms with E-state index in [2.05, 4.69) is 42.6 Å². The molecule has 1 heterocycles. The lowest BCUT2D eigenvalue weighted by Gasteiger charge is -2.51. The van der Waals surface area contributed by atoms with Gasteiger partial charge in [-0.1, -0.05) is 50.1 Å². The summed E-state index contributed by atoms with van der Waals surface area (Å²) in [6.45, 7) is 4.89. The SMILES string of the molecule is CC1CNCCC12CCCCC2c1ccccc1. The Kier molecular flexibility index (Phi) is 3.43. The zero-order chi connectivity index (χ0) is 12.4. The van der Waals surface area contributed by atoms with Crippen molar-refractivity contribution < 1.29 is 0 Å². The number of hydrogen-bond acceptors (Lipinski definition) is 1. The second kappa shape index (κ2) is 5.05. The van der Waals surface area contributed by atoms with Gasteiger partial charge in [0.05, 0.1) is 0 Å². The lowest BCUT2D eigenvalue weighted by atomic mass is 9.55. The highest BCUT2D eigenvalue weighted by atomic mass is 14.9. The third-order valence-electron chi connectivity index (χ3n) is 5.48. The zero-order valence-corrected chi connectivity index (χ0v) is 11.5. The van der Waals surface area contributed by atoms with Gasteiger partial charge < -0.3 is 5.32 Å². The quantitative estimate of drug-likeness (QED) is 0.787. The van der Waals surface area contributed by atoms with Gasteiger partial charge in [0.1, 0.15) is 0 Å². The molecule has 2 aliphatic rings. The van der Waals surface area contributed by atoms with Crippen LogP contribution in [0.15, 0.2) is 30.3 Å². The first-order chi connectivity index (χ1) is 8.83. The van der Waals surface area contributed by atoms with E-state index >= 15 is 0 Å². The summed E-state index contributed by atoms with van der Waals surface area (Å²) in [4.78, 5) is 0. The predicted octanol–water partition coefficient (Wildman–Crippen LogP) is 3.96. The van der Waals surface area contributed by atoms with E-state index < -0.39 is 0 Å². The van der Waals surface area contributed by atoms with Crippen molar-refractivity contribution in [1.29, 1.82) is 0 Å². The lowest BCUT2D eigenvalue weighted by molar-refractivity contribution is 0.0436. The largest absolute Gasteiger partial charge is 0.316 e. The van der Waals surface area contributed by atoms with Crippen LogP contribution >= 0.6 is 0 Å². The first kappa shape index (κ1) is 12.2. The highest BCUT2D eigenvalue weighted by molar-refractivity contribution is 5.24. The van der Waals surface area contributed by atoms with Crippen LogP contribution in [-0.2, 0) is 0 Å². The van der Waals surface area contributed by atoms with E-state index in [0.29, 0.717) is 5.41 Å². The molecule has 1 spiro atoms. The summed E-state index contributed by atoms with van der Waals surface area (Å²) in [6.07, 6.45) is 7.06. The average Bonchev–Trinajstić information content (AvgIpc) is 2.44. The van der Waals surface area contributed by atoms with Crippen LogP contribution < -0.4 is 5.32 Å². The smallest absolute Gasteiger partial charge is 0.00176 e. The molecular weight excluding hydrogens is 218 g/mol. The number of hydrogen-bond donors (Lipinski definition) is 1. The van der Waals surface area contributed by atoms with Crippen LogP contribution in [-0.4, -0.2) is 13.1 Å². The van der Waals surface area contributed by atoms with Crippen LogP contribution in [0.25, 0.3) is 0 Å². The monoisotopic (exact) mass is 243 g/mol. The summed E-state index contributed by atoms with van der Waals surface area (Å²) >= 11 is 0. The van der Waals surface area contributed by atoms with Crippen molar-refractivity contribution in [1.82, 2.24) is 5.32 Å². The van der Waals surface area contributed by atoms with Crippen LogP contribution in [0.3, 0.4) is 0 Å². The number of rotatable bonds is 1. The predicted molar refractivity (Wildman–Crippen MR) is 76.7 cm³/mol. The molecule has 0 radical (unpaired) electrons. The maximum absolute atomic E-state index is 3.58. The second-order valence-electron chi connectivity index (χ2n) is 6.30. The Morgan fingerprint density at radius 3 is 2.72 bits per heavy atom. The van der Waals surface area contributed by atoms with Crippen LogP contribution in [0, 0.1) is 11.3 Å². The molecule has 98 valence electrons. The van der Waals surface area contributed by atoms with E-state index in [-0.39, 0.29) is 0 Å². The topological polar surface area (TPSA) is 12.0 Å². The van der Waals surface area contributed by atoms with Gasteiger partial charge in [-0.15, -0.1) is 0 Å². The van der Waals surface area contributed by atoms with Gasteiger partial charge in [-0.3, -0.25) is 0 Å². The standard InChI is InChI=1S/C17H25N/c1-14-13-18-12-11-17(14)10-6-5-9-16(17)15-7-3-2-4-8-15/h2-4,7-8,14,16,18H,5-6,9-13H2,1H3. The molecule has 1 aliphatic carbocycles. The number of nitrogens with one attached hydrogen (secondary N) is 1. The fourth-order valence-corrected chi connectivity index (χ4v) is 4.43. The van der Waals surface area contributed by atoms with Gasteiger partial charge >= 0.3 is 0 Å². The Labute approximate surface area is 111 Å². The third kappa shape index (κ3) is 1.99. The molecule has 1 saturated carbocycles. The van der Waals surface area contributed by atoms with Gasteiger partial charge in [0.2, 0.25) is 0 Å².